The van der Waals surface area contributed by atoms with Crippen molar-refractivity contribution in [2.45, 2.75) is 52.1 Å². The summed E-state index contributed by atoms with van der Waals surface area (Å²) in [5, 5.41) is 3.55. The van der Waals surface area contributed by atoms with Crippen molar-refractivity contribution in [3.8, 4) is 0 Å². The quantitative estimate of drug-likeness (QED) is 0.773. The Morgan fingerprint density at radius 3 is 2.11 bits per heavy atom. The van der Waals surface area contributed by atoms with E-state index >= 15 is 0 Å². The molecule has 2 atom stereocenters. The molecule has 2 nitrogen and oxygen atoms in total. The van der Waals surface area contributed by atoms with Crippen molar-refractivity contribution < 1.29 is 0 Å². The van der Waals surface area contributed by atoms with Gasteiger partial charge in [0.25, 0.3) is 0 Å². The van der Waals surface area contributed by atoms with Crippen molar-refractivity contribution in [1.82, 2.24) is 10.2 Å². The summed E-state index contributed by atoms with van der Waals surface area (Å²) < 4.78 is 0. The third-order valence-electron chi connectivity index (χ3n) is 4.58. The predicted octanol–water partition coefficient (Wildman–Crippen LogP) is 3.33. The van der Waals surface area contributed by atoms with Crippen LogP contribution < -0.4 is 5.32 Å². The molecular weight excluding hydrogens is 232 g/mol. The highest BCUT2D eigenvalue weighted by Gasteiger charge is 2.35. The van der Waals surface area contributed by atoms with E-state index in [1.807, 2.05) is 0 Å². The molecule has 0 radical (unpaired) electrons. The van der Waals surface area contributed by atoms with Crippen molar-refractivity contribution in [1.29, 1.82) is 0 Å². The highest BCUT2D eigenvalue weighted by molar-refractivity contribution is 5.17. The van der Waals surface area contributed by atoms with Crippen LogP contribution in [-0.2, 0) is 6.42 Å². The minimum atomic E-state index is 0.202. The maximum absolute atomic E-state index is 3.55. The Hall–Kier alpha value is -0.860. The minimum Gasteiger partial charge on any atom is -0.315 e. The van der Waals surface area contributed by atoms with Crippen LogP contribution in [0, 0.1) is 0 Å². The Kier molecular flexibility index (Phi) is 6.53. The topological polar surface area (TPSA) is 15.3 Å². The first kappa shape index (κ1) is 16.2. The summed E-state index contributed by atoms with van der Waals surface area (Å²) in [6.45, 7) is 11.4. The van der Waals surface area contributed by atoms with E-state index in [1.54, 1.807) is 0 Å². The molecule has 1 aromatic carbocycles. The fraction of sp³-hybridized carbons (Fsp3) is 0.647. The second kappa shape index (κ2) is 7.66. The molecule has 0 aromatic heterocycles. The molecule has 0 amide bonds. The molecule has 0 saturated heterocycles. The van der Waals surface area contributed by atoms with E-state index in [-0.39, 0.29) is 5.54 Å². The van der Waals surface area contributed by atoms with Crippen LogP contribution in [0.1, 0.15) is 39.7 Å². The smallest absolute Gasteiger partial charge is 0.0334 e. The Morgan fingerprint density at radius 2 is 1.68 bits per heavy atom. The molecule has 108 valence electrons. The summed E-state index contributed by atoms with van der Waals surface area (Å²) in [7, 11) is 2.09. The van der Waals surface area contributed by atoms with Crippen LogP contribution in [0.15, 0.2) is 30.3 Å². The van der Waals surface area contributed by atoms with Gasteiger partial charge in [0, 0.05) is 11.6 Å². The van der Waals surface area contributed by atoms with Crippen LogP contribution in [0.4, 0.5) is 0 Å². The molecule has 2 heteroatoms. The molecule has 0 heterocycles. The third kappa shape index (κ3) is 3.80. The maximum atomic E-state index is 3.55. The molecule has 1 aromatic rings. The zero-order valence-corrected chi connectivity index (χ0v) is 13.2. The van der Waals surface area contributed by atoms with Gasteiger partial charge in [-0.25, -0.2) is 0 Å². The lowest BCUT2D eigenvalue weighted by molar-refractivity contribution is 0.0730. The summed E-state index contributed by atoms with van der Waals surface area (Å²) in [6.07, 6.45) is 2.24. The molecule has 0 aliphatic carbocycles. The monoisotopic (exact) mass is 262 g/mol. The standard InChI is InChI=1S/C17H30N2/c1-6-17(4,19(7-2)8-3)16(18-5)14-15-12-10-9-11-13-15/h9-13,16,18H,6-8,14H2,1-5H3. The van der Waals surface area contributed by atoms with Gasteiger partial charge in [-0.3, -0.25) is 4.90 Å². The Morgan fingerprint density at radius 1 is 1.11 bits per heavy atom. The number of rotatable bonds is 8. The average Bonchev–Trinajstić information content (AvgIpc) is 2.46. The highest BCUT2D eigenvalue weighted by atomic mass is 15.2. The van der Waals surface area contributed by atoms with Crippen LogP contribution >= 0.6 is 0 Å². The van der Waals surface area contributed by atoms with Crippen LogP contribution in [0.25, 0.3) is 0 Å². The number of hydrogen-bond acceptors (Lipinski definition) is 2. The van der Waals surface area contributed by atoms with Crippen molar-refractivity contribution in [2.24, 2.45) is 0 Å². The van der Waals surface area contributed by atoms with Gasteiger partial charge < -0.3 is 5.32 Å². The molecule has 19 heavy (non-hydrogen) atoms. The molecule has 0 fully saturated rings. The zero-order chi connectivity index (χ0) is 14.3. The van der Waals surface area contributed by atoms with E-state index in [1.165, 1.54) is 5.56 Å². The highest BCUT2D eigenvalue weighted by Crippen LogP contribution is 2.25. The van der Waals surface area contributed by atoms with Crippen LogP contribution in [-0.4, -0.2) is 36.6 Å². The molecule has 0 aliphatic heterocycles. The minimum absolute atomic E-state index is 0.202. The lowest BCUT2D eigenvalue weighted by atomic mass is 9.83. The van der Waals surface area contributed by atoms with Crippen molar-refractivity contribution in [2.75, 3.05) is 20.1 Å². The number of nitrogens with one attached hydrogen (secondary N) is 1. The summed E-state index contributed by atoms with van der Waals surface area (Å²) in [4.78, 5) is 2.58. The zero-order valence-electron chi connectivity index (χ0n) is 13.2. The summed E-state index contributed by atoms with van der Waals surface area (Å²) in [5.41, 5.74) is 1.61. The molecule has 2 unspecified atom stereocenters. The van der Waals surface area contributed by atoms with E-state index in [2.05, 4.69) is 75.3 Å². The fourth-order valence-electron chi connectivity index (χ4n) is 3.12. The van der Waals surface area contributed by atoms with Gasteiger partial charge in [-0.2, -0.15) is 0 Å². The first-order valence-corrected chi connectivity index (χ1v) is 7.58. The Balaban J connectivity index is 2.92. The van der Waals surface area contributed by atoms with Crippen LogP contribution in [0.5, 0.6) is 0 Å². The summed E-state index contributed by atoms with van der Waals surface area (Å²) >= 11 is 0. The van der Waals surface area contributed by atoms with E-state index < -0.39 is 0 Å². The number of likely N-dealkylation sites (N-methyl/N-ethyl adjacent to an activating group) is 2. The van der Waals surface area contributed by atoms with E-state index in [4.69, 9.17) is 0 Å². The van der Waals surface area contributed by atoms with Crippen molar-refractivity contribution >= 4 is 0 Å². The molecule has 0 spiro atoms. The molecule has 0 aliphatic rings. The Bertz CT molecular complexity index is 346. The molecule has 0 bridgehead atoms. The molecule has 0 saturated carbocycles. The predicted molar refractivity (Wildman–Crippen MR) is 84.6 cm³/mol. The van der Waals surface area contributed by atoms with Crippen LogP contribution in [0.2, 0.25) is 0 Å². The van der Waals surface area contributed by atoms with Gasteiger partial charge >= 0.3 is 0 Å². The summed E-state index contributed by atoms with van der Waals surface area (Å²) in [5.74, 6) is 0. The molecular formula is C17H30N2. The SMILES string of the molecule is CCN(CC)C(C)(CC)C(Cc1ccccc1)NC. The second-order valence-corrected chi connectivity index (χ2v) is 5.41. The lowest BCUT2D eigenvalue weighted by Crippen LogP contribution is -2.59. The number of nitrogens with zero attached hydrogens (tertiary/aromatic N) is 1. The van der Waals surface area contributed by atoms with E-state index in [9.17, 15) is 0 Å². The lowest BCUT2D eigenvalue weighted by Gasteiger charge is -2.46. The number of hydrogen-bond donors (Lipinski definition) is 1. The van der Waals surface area contributed by atoms with Crippen LogP contribution in [0.3, 0.4) is 0 Å². The fourth-order valence-corrected chi connectivity index (χ4v) is 3.12. The third-order valence-corrected chi connectivity index (χ3v) is 4.58. The normalized spacial score (nSPS) is 16.3. The van der Waals surface area contributed by atoms with Gasteiger partial charge in [0.15, 0.2) is 0 Å². The van der Waals surface area contributed by atoms with Gasteiger partial charge in [-0.1, -0.05) is 51.1 Å². The molecule has 1 rings (SSSR count). The van der Waals surface area contributed by atoms with Gasteiger partial charge in [0.2, 0.25) is 0 Å². The molecule has 1 N–H and O–H groups in total. The van der Waals surface area contributed by atoms with E-state index in [0.717, 1.165) is 25.9 Å². The Labute approximate surface area is 119 Å². The van der Waals surface area contributed by atoms with Crippen molar-refractivity contribution in [3.05, 3.63) is 35.9 Å². The van der Waals surface area contributed by atoms with Gasteiger partial charge in [0.1, 0.15) is 0 Å². The van der Waals surface area contributed by atoms with Crippen molar-refractivity contribution in [3.63, 3.8) is 0 Å². The first-order valence-electron chi connectivity index (χ1n) is 7.58. The van der Waals surface area contributed by atoms with Gasteiger partial charge in [-0.15, -0.1) is 0 Å². The number of benzene rings is 1. The maximum Gasteiger partial charge on any atom is 0.0334 e. The average molecular weight is 262 g/mol. The van der Waals surface area contributed by atoms with Gasteiger partial charge in [0.05, 0.1) is 0 Å². The summed E-state index contributed by atoms with van der Waals surface area (Å²) in [6, 6.07) is 11.3. The second-order valence-electron chi connectivity index (χ2n) is 5.41. The first-order chi connectivity index (χ1) is 9.12. The van der Waals surface area contributed by atoms with Gasteiger partial charge in [-0.05, 0) is 45.5 Å². The largest absolute Gasteiger partial charge is 0.315 e. The van der Waals surface area contributed by atoms with E-state index in [0.29, 0.717) is 6.04 Å².